The molecule has 0 aliphatic carbocycles. The fraction of sp³-hybridized carbons (Fsp3) is 0.385. The minimum Gasteiger partial charge on any atom is -0.311 e. The Balaban J connectivity index is 1.78. The molecule has 1 atom stereocenters. The molecular formula is C13H17NS2. The van der Waals surface area contributed by atoms with Crippen LogP contribution in [0.3, 0.4) is 0 Å². The summed E-state index contributed by atoms with van der Waals surface area (Å²) in [7, 11) is 0. The van der Waals surface area contributed by atoms with Gasteiger partial charge < -0.3 is 5.32 Å². The van der Waals surface area contributed by atoms with Gasteiger partial charge in [-0.05, 0) is 52.2 Å². The summed E-state index contributed by atoms with van der Waals surface area (Å²) in [5.74, 6) is 0.603. The van der Waals surface area contributed by atoms with E-state index in [-0.39, 0.29) is 0 Å². The lowest BCUT2D eigenvalue weighted by Crippen LogP contribution is -2.19. The number of aryl methyl sites for hydroxylation is 1. The van der Waals surface area contributed by atoms with E-state index in [1.165, 1.54) is 16.0 Å². The Hall–Kier alpha value is -0.640. The van der Waals surface area contributed by atoms with Gasteiger partial charge in [0.15, 0.2) is 0 Å². The molecule has 0 amide bonds. The molecule has 0 saturated heterocycles. The summed E-state index contributed by atoms with van der Waals surface area (Å²) in [5, 5.41) is 10.1. The highest BCUT2D eigenvalue weighted by atomic mass is 32.1. The molecular weight excluding hydrogens is 234 g/mol. The molecule has 1 unspecified atom stereocenters. The molecule has 0 spiro atoms. The lowest BCUT2D eigenvalue weighted by molar-refractivity contribution is 0.619. The van der Waals surface area contributed by atoms with E-state index in [0.29, 0.717) is 5.92 Å². The van der Waals surface area contributed by atoms with Gasteiger partial charge in [0.1, 0.15) is 0 Å². The molecule has 2 heterocycles. The zero-order valence-electron chi connectivity index (χ0n) is 9.69. The van der Waals surface area contributed by atoms with Crippen molar-refractivity contribution in [3.8, 4) is 0 Å². The molecule has 1 nitrogen and oxygen atoms in total. The van der Waals surface area contributed by atoms with Crippen molar-refractivity contribution in [2.24, 2.45) is 0 Å². The Bertz CT molecular complexity index is 417. The van der Waals surface area contributed by atoms with E-state index >= 15 is 0 Å². The largest absolute Gasteiger partial charge is 0.311 e. The molecule has 0 bridgehead atoms. The standard InChI is InChI=1S/C13H17NS2/c1-10-3-6-16-13(10)8-14-7-11(2)12-4-5-15-9-12/h3-6,9,11,14H,7-8H2,1-2H3. The molecule has 2 aromatic heterocycles. The zero-order valence-corrected chi connectivity index (χ0v) is 11.3. The van der Waals surface area contributed by atoms with Gasteiger partial charge in [-0.1, -0.05) is 6.92 Å². The van der Waals surface area contributed by atoms with E-state index in [0.717, 1.165) is 13.1 Å². The quantitative estimate of drug-likeness (QED) is 0.846. The number of rotatable bonds is 5. The third kappa shape index (κ3) is 2.94. The van der Waals surface area contributed by atoms with Crippen LogP contribution in [0.15, 0.2) is 28.3 Å². The SMILES string of the molecule is Cc1ccsc1CNCC(C)c1ccsc1. The van der Waals surface area contributed by atoms with Gasteiger partial charge in [0.05, 0.1) is 0 Å². The normalized spacial score (nSPS) is 12.9. The van der Waals surface area contributed by atoms with Gasteiger partial charge >= 0.3 is 0 Å². The lowest BCUT2D eigenvalue weighted by Gasteiger charge is -2.10. The van der Waals surface area contributed by atoms with Crippen molar-refractivity contribution in [1.29, 1.82) is 0 Å². The average Bonchev–Trinajstić information content (AvgIpc) is 2.90. The fourth-order valence-electron chi connectivity index (χ4n) is 1.66. The summed E-state index contributed by atoms with van der Waals surface area (Å²) >= 11 is 3.61. The first-order valence-corrected chi connectivity index (χ1v) is 7.35. The summed E-state index contributed by atoms with van der Waals surface area (Å²) in [4.78, 5) is 1.46. The van der Waals surface area contributed by atoms with Crippen LogP contribution in [-0.2, 0) is 6.54 Å². The van der Waals surface area contributed by atoms with E-state index in [9.17, 15) is 0 Å². The molecule has 0 aliphatic heterocycles. The van der Waals surface area contributed by atoms with Gasteiger partial charge in [-0.3, -0.25) is 0 Å². The third-order valence-electron chi connectivity index (χ3n) is 2.82. The molecule has 3 heteroatoms. The van der Waals surface area contributed by atoms with Gasteiger partial charge in [-0.15, -0.1) is 11.3 Å². The van der Waals surface area contributed by atoms with Crippen LogP contribution in [-0.4, -0.2) is 6.54 Å². The van der Waals surface area contributed by atoms with Gasteiger partial charge in [-0.25, -0.2) is 0 Å². The van der Waals surface area contributed by atoms with Crippen LogP contribution in [0.2, 0.25) is 0 Å². The van der Waals surface area contributed by atoms with Crippen molar-refractivity contribution in [1.82, 2.24) is 5.32 Å². The number of thiophene rings is 2. The summed E-state index contributed by atoms with van der Waals surface area (Å²) in [5.41, 5.74) is 2.85. The molecule has 0 saturated carbocycles. The van der Waals surface area contributed by atoms with Gasteiger partial charge in [0.2, 0.25) is 0 Å². The second kappa shape index (κ2) is 5.62. The predicted molar refractivity (Wildman–Crippen MR) is 73.5 cm³/mol. The molecule has 0 aliphatic rings. The second-order valence-electron chi connectivity index (χ2n) is 4.12. The van der Waals surface area contributed by atoms with Crippen LogP contribution in [0, 0.1) is 6.92 Å². The Morgan fingerprint density at radius 2 is 2.19 bits per heavy atom. The zero-order chi connectivity index (χ0) is 11.4. The maximum atomic E-state index is 3.53. The van der Waals surface area contributed by atoms with Crippen LogP contribution in [0.4, 0.5) is 0 Å². The fourth-order valence-corrected chi connectivity index (χ4v) is 3.32. The summed E-state index contributed by atoms with van der Waals surface area (Å²) < 4.78 is 0. The summed E-state index contributed by atoms with van der Waals surface area (Å²) in [6, 6.07) is 4.40. The van der Waals surface area contributed by atoms with E-state index in [1.54, 1.807) is 11.3 Å². The predicted octanol–water partition coefficient (Wildman–Crippen LogP) is 4.01. The van der Waals surface area contributed by atoms with Crippen molar-refractivity contribution in [3.63, 3.8) is 0 Å². The van der Waals surface area contributed by atoms with Crippen molar-refractivity contribution in [2.75, 3.05) is 6.54 Å². The van der Waals surface area contributed by atoms with Crippen LogP contribution in [0.1, 0.15) is 28.8 Å². The number of nitrogens with one attached hydrogen (secondary N) is 1. The molecule has 2 rings (SSSR count). The topological polar surface area (TPSA) is 12.0 Å². The van der Waals surface area contributed by atoms with E-state index in [2.05, 4.69) is 47.4 Å². The van der Waals surface area contributed by atoms with Crippen molar-refractivity contribution in [3.05, 3.63) is 44.3 Å². The summed E-state index contributed by atoms with van der Waals surface area (Å²) in [6.07, 6.45) is 0. The number of hydrogen-bond donors (Lipinski definition) is 1. The Morgan fingerprint density at radius 1 is 1.31 bits per heavy atom. The van der Waals surface area contributed by atoms with Gasteiger partial charge in [-0.2, -0.15) is 11.3 Å². The third-order valence-corrected chi connectivity index (χ3v) is 4.54. The minimum absolute atomic E-state index is 0.603. The van der Waals surface area contributed by atoms with Crippen LogP contribution in [0.25, 0.3) is 0 Å². The Morgan fingerprint density at radius 3 is 2.81 bits per heavy atom. The lowest BCUT2D eigenvalue weighted by atomic mass is 10.1. The van der Waals surface area contributed by atoms with Crippen molar-refractivity contribution < 1.29 is 0 Å². The molecule has 2 aromatic rings. The molecule has 0 radical (unpaired) electrons. The van der Waals surface area contributed by atoms with E-state index in [4.69, 9.17) is 0 Å². The highest BCUT2D eigenvalue weighted by molar-refractivity contribution is 7.10. The molecule has 16 heavy (non-hydrogen) atoms. The first-order chi connectivity index (χ1) is 7.77. The minimum atomic E-state index is 0.603. The average molecular weight is 251 g/mol. The molecule has 0 aromatic carbocycles. The van der Waals surface area contributed by atoms with Crippen molar-refractivity contribution in [2.45, 2.75) is 26.3 Å². The smallest absolute Gasteiger partial charge is 0.0302 e. The summed E-state index contributed by atoms with van der Waals surface area (Å²) in [6.45, 7) is 6.50. The van der Waals surface area contributed by atoms with Crippen LogP contribution in [0.5, 0.6) is 0 Å². The van der Waals surface area contributed by atoms with Crippen LogP contribution >= 0.6 is 22.7 Å². The maximum absolute atomic E-state index is 3.53. The van der Waals surface area contributed by atoms with Gasteiger partial charge in [0.25, 0.3) is 0 Å². The Labute approximate surface area is 105 Å². The van der Waals surface area contributed by atoms with Gasteiger partial charge in [0, 0.05) is 18.0 Å². The Kier molecular flexibility index (Phi) is 4.16. The highest BCUT2D eigenvalue weighted by Gasteiger charge is 2.05. The van der Waals surface area contributed by atoms with Crippen molar-refractivity contribution >= 4 is 22.7 Å². The highest BCUT2D eigenvalue weighted by Crippen LogP contribution is 2.18. The monoisotopic (exact) mass is 251 g/mol. The van der Waals surface area contributed by atoms with E-state index in [1.807, 2.05) is 11.3 Å². The first-order valence-electron chi connectivity index (χ1n) is 5.53. The molecule has 0 fully saturated rings. The van der Waals surface area contributed by atoms with E-state index < -0.39 is 0 Å². The second-order valence-corrected chi connectivity index (χ2v) is 5.90. The maximum Gasteiger partial charge on any atom is 0.0302 e. The van der Waals surface area contributed by atoms with Crippen LogP contribution < -0.4 is 5.32 Å². The first kappa shape index (κ1) is 11.8. The number of hydrogen-bond acceptors (Lipinski definition) is 3. The molecule has 86 valence electrons. The molecule has 1 N–H and O–H groups in total.